The highest BCUT2D eigenvalue weighted by Crippen LogP contribution is 2.28. The Morgan fingerprint density at radius 3 is 2.58 bits per heavy atom. The van der Waals surface area contributed by atoms with E-state index in [0.717, 1.165) is 12.8 Å². The molecule has 1 saturated carbocycles. The quantitative estimate of drug-likeness (QED) is 0.872. The lowest BCUT2D eigenvalue weighted by molar-refractivity contribution is -0.135. The van der Waals surface area contributed by atoms with Crippen LogP contribution in [0.5, 0.6) is 0 Å². The average Bonchev–Trinajstić information content (AvgIpc) is 3.10. The normalized spacial score (nSPS) is 24.8. The molecule has 1 saturated heterocycles. The standard InChI is InChI=1S/C18H25N3O3/c22-16-12-21(17(23)11-13-3-1-2-4-13)10-7-15(16)20-18(24)14-5-8-19-9-6-14/h5-6,8-9,13,15-16,22H,1-4,7,10-12H2,(H,20,24). The molecule has 1 aliphatic heterocycles. The minimum atomic E-state index is -0.725. The zero-order valence-electron chi connectivity index (χ0n) is 13.9. The zero-order valence-corrected chi connectivity index (χ0v) is 13.9. The number of hydrogen-bond acceptors (Lipinski definition) is 4. The lowest BCUT2D eigenvalue weighted by Gasteiger charge is -2.36. The maximum atomic E-state index is 12.4. The topological polar surface area (TPSA) is 82.5 Å². The molecule has 1 aromatic rings. The molecule has 130 valence electrons. The molecule has 1 aliphatic carbocycles. The number of piperidine rings is 1. The van der Waals surface area contributed by atoms with Gasteiger partial charge in [-0.05, 0) is 37.3 Å². The fourth-order valence-electron chi connectivity index (χ4n) is 3.67. The van der Waals surface area contributed by atoms with E-state index in [1.54, 1.807) is 29.4 Å². The molecule has 2 unspecified atom stereocenters. The van der Waals surface area contributed by atoms with Gasteiger partial charge in [-0.2, -0.15) is 0 Å². The SMILES string of the molecule is O=C(NC1CCN(C(=O)CC2CCCC2)CC1O)c1ccncc1. The molecule has 24 heavy (non-hydrogen) atoms. The summed E-state index contributed by atoms with van der Waals surface area (Å²) in [6.07, 6.45) is 8.32. The van der Waals surface area contributed by atoms with E-state index in [9.17, 15) is 14.7 Å². The predicted molar refractivity (Wildman–Crippen MR) is 89.3 cm³/mol. The number of pyridine rings is 1. The van der Waals surface area contributed by atoms with Crippen molar-refractivity contribution in [2.24, 2.45) is 5.92 Å². The van der Waals surface area contributed by atoms with Crippen LogP contribution in [0.1, 0.15) is 48.9 Å². The smallest absolute Gasteiger partial charge is 0.251 e. The minimum Gasteiger partial charge on any atom is -0.389 e. The highest BCUT2D eigenvalue weighted by atomic mass is 16.3. The molecule has 2 heterocycles. The van der Waals surface area contributed by atoms with Crippen LogP contribution in [0.25, 0.3) is 0 Å². The van der Waals surface area contributed by atoms with E-state index < -0.39 is 6.10 Å². The molecule has 0 spiro atoms. The van der Waals surface area contributed by atoms with Crippen molar-refractivity contribution in [2.75, 3.05) is 13.1 Å². The molecule has 3 rings (SSSR count). The van der Waals surface area contributed by atoms with Gasteiger partial charge in [0.25, 0.3) is 5.91 Å². The third-order valence-corrected chi connectivity index (χ3v) is 5.13. The van der Waals surface area contributed by atoms with Gasteiger partial charge in [0, 0.05) is 37.5 Å². The Morgan fingerprint density at radius 1 is 1.21 bits per heavy atom. The zero-order chi connectivity index (χ0) is 16.9. The van der Waals surface area contributed by atoms with Crippen LogP contribution in [0.4, 0.5) is 0 Å². The molecule has 6 heteroatoms. The summed E-state index contributed by atoms with van der Waals surface area (Å²) in [4.78, 5) is 30.2. The molecule has 2 amide bonds. The van der Waals surface area contributed by atoms with Gasteiger partial charge in [0.05, 0.1) is 12.1 Å². The van der Waals surface area contributed by atoms with Crippen molar-refractivity contribution < 1.29 is 14.7 Å². The van der Waals surface area contributed by atoms with Gasteiger partial charge in [-0.15, -0.1) is 0 Å². The maximum Gasteiger partial charge on any atom is 0.251 e. The first-order valence-corrected chi connectivity index (χ1v) is 8.80. The summed E-state index contributed by atoms with van der Waals surface area (Å²) in [6.45, 7) is 0.886. The van der Waals surface area contributed by atoms with E-state index in [1.165, 1.54) is 12.8 Å². The predicted octanol–water partition coefficient (Wildman–Crippen LogP) is 1.35. The molecule has 2 aliphatic rings. The first-order valence-electron chi connectivity index (χ1n) is 8.80. The summed E-state index contributed by atoms with van der Waals surface area (Å²) in [6, 6.07) is 2.96. The second-order valence-electron chi connectivity index (χ2n) is 6.87. The van der Waals surface area contributed by atoms with Crippen molar-refractivity contribution in [1.29, 1.82) is 0 Å². The molecule has 0 bridgehead atoms. The number of hydrogen-bond donors (Lipinski definition) is 2. The van der Waals surface area contributed by atoms with Crippen molar-refractivity contribution in [1.82, 2.24) is 15.2 Å². The molecular weight excluding hydrogens is 306 g/mol. The Kier molecular flexibility index (Phi) is 5.45. The lowest BCUT2D eigenvalue weighted by atomic mass is 9.98. The van der Waals surface area contributed by atoms with E-state index in [1.807, 2.05) is 0 Å². The summed E-state index contributed by atoms with van der Waals surface area (Å²) in [7, 11) is 0. The van der Waals surface area contributed by atoms with Crippen molar-refractivity contribution >= 4 is 11.8 Å². The van der Waals surface area contributed by atoms with Gasteiger partial charge >= 0.3 is 0 Å². The fraction of sp³-hybridized carbons (Fsp3) is 0.611. The number of aliphatic hydroxyl groups excluding tert-OH is 1. The van der Waals surface area contributed by atoms with Crippen LogP contribution in [0.15, 0.2) is 24.5 Å². The summed E-state index contributed by atoms with van der Waals surface area (Å²) in [5.41, 5.74) is 0.525. The van der Waals surface area contributed by atoms with E-state index in [0.29, 0.717) is 37.4 Å². The highest BCUT2D eigenvalue weighted by molar-refractivity contribution is 5.94. The van der Waals surface area contributed by atoms with Crippen LogP contribution in [-0.4, -0.2) is 52.0 Å². The number of likely N-dealkylation sites (tertiary alicyclic amines) is 1. The maximum absolute atomic E-state index is 12.4. The number of aliphatic hydroxyl groups is 1. The Hall–Kier alpha value is -1.95. The molecule has 1 aromatic heterocycles. The largest absolute Gasteiger partial charge is 0.389 e. The Balaban J connectivity index is 1.49. The van der Waals surface area contributed by atoms with Crippen molar-refractivity contribution in [3.8, 4) is 0 Å². The van der Waals surface area contributed by atoms with Crippen LogP contribution in [-0.2, 0) is 4.79 Å². The first kappa shape index (κ1) is 16.9. The van der Waals surface area contributed by atoms with Gasteiger partial charge in [-0.25, -0.2) is 0 Å². The van der Waals surface area contributed by atoms with E-state index in [4.69, 9.17) is 0 Å². The number of carbonyl (C=O) groups is 2. The number of β-amino-alcohol motifs (C(OH)–C–C–N with tert-alkyl or cyclic N) is 1. The molecule has 2 N–H and O–H groups in total. The number of carbonyl (C=O) groups excluding carboxylic acids is 2. The third kappa shape index (κ3) is 4.12. The highest BCUT2D eigenvalue weighted by Gasteiger charge is 2.32. The number of rotatable bonds is 4. The number of aromatic nitrogens is 1. The van der Waals surface area contributed by atoms with E-state index in [2.05, 4.69) is 10.3 Å². The van der Waals surface area contributed by atoms with Gasteiger partial charge in [0.15, 0.2) is 0 Å². The van der Waals surface area contributed by atoms with Crippen molar-refractivity contribution in [3.05, 3.63) is 30.1 Å². The Bertz CT molecular complexity index is 572. The summed E-state index contributed by atoms with van der Waals surface area (Å²) in [5.74, 6) is 0.436. The van der Waals surface area contributed by atoms with Crippen LogP contribution in [0.2, 0.25) is 0 Å². The lowest BCUT2D eigenvalue weighted by Crippen LogP contribution is -2.55. The van der Waals surface area contributed by atoms with Crippen LogP contribution in [0, 0.1) is 5.92 Å². The van der Waals surface area contributed by atoms with Crippen LogP contribution < -0.4 is 5.32 Å². The van der Waals surface area contributed by atoms with E-state index in [-0.39, 0.29) is 17.9 Å². The van der Waals surface area contributed by atoms with Gasteiger partial charge < -0.3 is 15.3 Å². The molecule has 0 radical (unpaired) electrons. The number of nitrogens with zero attached hydrogens (tertiary/aromatic N) is 2. The van der Waals surface area contributed by atoms with Crippen molar-refractivity contribution in [3.63, 3.8) is 0 Å². The van der Waals surface area contributed by atoms with Gasteiger partial charge in [0.1, 0.15) is 0 Å². The summed E-state index contributed by atoms with van der Waals surface area (Å²) < 4.78 is 0. The molecular formula is C18H25N3O3. The van der Waals surface area contributed by atoms with Crippen molar-refractivity contribution in [2.45, 2.75) is 50.7 Å². The van der Waals surface area contributed by atoms with Crippen LogP contribution >= 0.6 is 0 Å². The van der Waals surface area contributed by atoms with Crippen LogP contribution in [0.3, 0.4) is 0 Å². The number of amides is 2. The Morgan fingerprint density at radius 2 is 1.92 bits per heavy atom. The fourth-order valence-corrected chi connectivity index (χ4v) is 3.67. The average molecular weight is 331 g/mol. The molecule has 2 fully saturated rings. The Labute approximate surface area is 142 Å². The van der Waals surface area contributed by atoms with Gasteiger partial charge in [0.2, 0.25) is 5.91 Å². The minimum absolute atomic E-state index is 0.139. The number of nitrogens with one attached hydrogen (secondary N) is 1. The summed E-state index contributed by atoms with van der Waals surface area (Å²) >= 11 is 0. The van der Waals surface area contributed by atoms with Gasteiger partial charge in [-0.3, -0.25) is 14.6 Å². The third-order valence-electron chi connectivity index (χ3n) is 5.13. The second-order valence-corrected chi connectivity index (χ2v) is 6.87. The van der Waals surface area contributed by atoms with Gasteiger partial charge in [-0.1, -0.05) is 12.8 Å². The molecule has 6 nitrogen and oxygen atoms in total. The van der Waals surface area contributed by atoms with E-state index >= 15 is 0 Å². The molecule has 0 aromatic carbocycles. The first-order chi connectivity index (χ1) is 11.6. The second kappa shape index (κ2) is 7.75. The molecule has 2 atom stereocenters. The summed E-state index contributed by atoms with van der Waals surface area (Å²) in [5, 5.41) is 13.2. The monoisotopic (exact) mass is 331 g/mol.